The standard InChI is InChI=1S/C17H13NO5/c19-15-12-8-4-5-9-13(12)18(14(15)16(20)21)17(22)23-10-11-6-2-1-3-7-11/h1-9,19H,10H2,(H,20,21). The van der Waals surface area contributed by atoms with Crippen LogP contribution in [0.3, 0.4) is 0 Å². The zero-order valence-electron chi connectivity index (χ0n) is 12.0. The quantitative estimate of drug-likeness (QED) is 0.775. The number of para-hydroxylation sites is 1. The first-order chi connectivity index (χ1) is 11.1. The summed E-state index contributed by atoms with van der Waals surface area (Å²) in [5.74, 6) is -1.86. The maximum atomic E-state index is 12.3. The van der Waals surface area contributed by atoms with Crippen LogP contribution in [0.1, 0.15) is 16.1 Å². The van der Waals surface area contributed by atoms with Gasteiger partial charge in [0.05, 0.1) is 5.52 Å². The van der Waals surface area contributed by atoms with Gasteiger partial charge in [0.25, 0.3) is 0 Å². The summed E-state index contributed by atoms with van der Waals surface area (Å²) in [6.45, 7) is 0.00595. The molecule has 3 aromatic rings. The average molecular weight is 311 g/mol. The van der Waals surface area contributed by atoms with Crippen LogP contribution in [-0.4, -0.2) is 26.8 Å². The van der Waals surface area contributed by atoms with E-state index in [0.29, 0.717) is 0 Å². The molecular formula is C17H13NO5. The number of aromatic hydroxyl groups is 1. The number of carbonyl (C=O) groups excluding carboxylic acids is 1. The van der Waals surface area contributed by atoms with Crippen molar-refractivity contribution in [3.8, 4) is 5.75 Å². The highest BCUT2D eigenvalue weighted by Crippen LogP contribution is 2.32. The smallest absolute Gasteiger partial charge is 0.419 e. The van der Waals surface area contributed by atoms with Crippen LogP contribution in [0.25, 0.3) is 10.9 Å². The lowest BCUT2D eigenvalue weighted by Gasteiger charge is -2.08. The number of aromatic carboxylic acids is 1. The molecule has 0 amide bonds. The Kier molecular flexibility index (Phi) is 3.72. The summed E-state index contributed by atoms with van der Waals surface area (Å²) in [6, 6.07) is 15.4. The molecule has 2 aromatic carbocycles. The molecule has 23 heavy (non-hydrogen) atoms. The third-order valence-corrected chi connectivity index (χ3v) is 3.44. The molecule has 0 aliphatic rings. The lowest BCUT2D eigenvalue weighted by molar-refractivity contribution is 0.0677. The molecule has 1 aromatic heterocycles. The molecule has 0 atom stereocenters. The molecule has 0 unspecified atom stereocenters. The Balaban J connectivity index is 1.99. The van der Waals surface area contributed by atoms with E-state index in [2.05, 4.69) is 0 Å². The van der Waals surface area contributed by atoms with Crippen molar-refractivity contribution in [2.24, 2.45) is 0 Å². The lowest BCUT2D eigenvalue weighted by Crippen LogP contribution is -2.18. The molecule has 0 spiro atoms. The average Bonchev–Trinajstić information content (AvgIpc) is 2.87. The lowest BCUT2D eigenvalue weighted by atomic mass is 10.2. The fourth-order valence-corrected chi connectivity index (χ4v) is 2.39. The minimum absolute atomic E-state index is 0.00595. The summed E-state index contributed by atoms with van der Waals surface area (Å²) in [5, 5.41) is 19.6. The Labute approximate surface area is 131 Å². The van der Waals surface area contributed by atoms with E-state index in [4.69, 9.17) is 4.74 Å². The van der Waals surface area contributed by atoms with E-state index in [-0.39, 0.29) is 17.5 Å². The van der Waals surface area contributed by atoms with Crippen LogP contribution in [0.5, 0.6) is 5.75 Å². The second-order valence-electron chi connectivity index (χ2n) is 4.90. The van der Waals surface area contributed by atoms with Crippen LogP contribution in [0.2, 0.25) is 0 Å². The second-order valence-corrected chi connectivity index (χ2v) is 4.90. The fraction of sp³-hybridized carbons (Fsp3) is 0.0588. The third kappa shape index (κ3) is 2.62. The first kappa shape index (κ1) is 14.6. The van der Waals surface area contributed by atoms with E-state index >= 15 is 0 Å². The molecule has 1 heterocycles. The summed E-state index contributed by atoms with van der Waals surface area (Å²) in [7, 11) is 0. The summed E-state index contributed by atoms with van der Waals surface area (Å²) >= 11 is 0. The van der Waals surface area contributed by atoms with Crippen molar-refractivity contribution in [1.29, 1.82) is 0 Å². The Morgan fingerprint density at radius 1 is 1.00 bits per heavy atom. The normalized spacial score (nSPS) is 10.6. The van der Waals surface area contributed by atoms with Crippen LogP contribution in [0.15, 0.2) is 54.6 Å². The van der Waals surface area contributed by atoms with Gasteiger partial charge in [-0.15, -0.1) is 0 Å². The molecule has 0 aliphatic carbocycles. The minimum atomic E-state index is -1.41. The fourth-order valence-electron chi connectivity index (χ4n) is 2.39. The first-order valence-electron chi connectivity index (χ1n) is 6.86. The van der Waals surface area contributed by atoms with Gasteiger partial charge in [-0.3, -0.25) is 0 Å². The van der Waals surface area contributed by atoms with Crippen molar-refractivity contribution in [3.63, 3.8) is 0 Å². The molecule has 0 radical (unpaired) electrons. The summed E-state index contributed by atoms with van der Waals surface area (Å²) < 4.78 is 6.05. The summed E-state index contributed by atoms with van der Waals surface area (Å²) in [5.41, 5.74) is 0.545. The van der Waals surface area contributed by atoms with Crippen molar-refractivity contribution < 1.29 is 24.5 Å². The van der Waals surface area contributed by atoms with Crippen LogP contribution in [-0.2, 0) is 11.3 Å². The van der Waals surface area contributed by atoms with E-state index in [9.17, 15) is 19.8 Å². The van der Waals surface area contributed by atoms with E-state index in [1.165, 1.54) is 6.07 Å². The van der Waals surface area contributed by atoms with Gasteiger partial charge in [-0.05, 0) is 17.7 Å². The zero-order valence-corrected chi connectivity index (χ0v) is 12.0. The number of aromatic nitrogens is 1. The van der Waals surface area contributed by atoms with Crippen molar-refractivity contribution in [1.82, 2.24) is 4.57 Å². The topological polar surface area (TPSA) is 88.8 Å². The maximum absolute atomic E-state index is 12.3. The van der Waals surface area contributed by atoms with Crippen LogP contribution >= 0.6 is 0 Å². The Morgan fingerprint density at radius 3 is 2.35 bits per heavy atom. The molecule has 0 aliphatic heterocycles. The number of rotatable bonds is 3. The number of nitrogens with zero attached hydrogens (tertiary/aromatic N) is 1. The molecule has 2 N–H and O–H groups in total. The number of fused-ring (bicyclic) bond motifs is 1. The van der Waals surface area contributed by atoms with Gasteiger partial charge in [0.1, 0.15) is 6.61 Å². The number of ether oxygens (including phenoxy) is 1. The highest BCUT2D eigenvalue weighted by molar-refractivity contribution is 6.05. The van der Waals surface area contributed by atoms with Crippen molar-refractivity contribution in [3.05, 3.63) is 65.9 Å². The number of benzene rings is 2. The largest absolute Gasteiger partial charge is 0.505 e. The second kappa shape index (κ2) is 5.84. The highest BCUT2D eigenvalue weighted by Gasteiger charge is 2.26. The number of hydrogen-bond acceptors (Lipinski definition) is 4. The van der Waals surface area contributed by atoms with Gasteiger partial charge < -0.3 is 14.9 Å². The van der Waals surface area contributed by atoms with Gasteiger partial charge in [0.15, 0.2) is 11.4 Å². The third-order valence-electron chi connectivity index (χ3n) is 3.44. The zero-order chi connectivity index (χ0) is 16.4. The molecule has 0 saturated carbocycles. The van der Waals surface area contributed by atoms with Crippen LogP contribution in [0, 0.1) is 0 Å². The molecule has 0 saturated heterocycles. The molecule has 116 valence electrons. The Morgan fingerprint density at radius 2 is 1.65 bits per heavy atom. The van der Waals surface area contributed by atoms with E-state index < -0.39 is 23.5 Å². The molecular weight excluding hydrogens is 298 g/mol. The van der Waals surface area contributed by atoms with Gasteiger partial charge in [0.2, 0.25) is 0 Å². The summed E-state index contributed by atoms with van der Waals surface area (Å²) in [4.78, 5) is 23.7. The molecule has 6 heteroatoms. The number of carbonyl (C=O) groups is 2. The van der Waals surface area contributed by atoms with Crippen molar-refractivity contribution in [2.45, 2.75) is 6.61 Å². The van der Waals surface area contributed by atoms with Gasteiger partial charge in [0, 0.05) is 5.39 Å². The predicted octanol–water partition coefficient (Wildman–Crippen LogP) is 3.23. The van der Waals surface area contributed by atoms with E-state index in [1.54, 1.807) is 30.3 Å². The number of carboxylic acids is 1. The highest BCUT2D eigenvalue weighted by atomic mass is 16.5. The van der Waals surface area contributed by atoms with Crippen LogP contribution in [0.4, 0.5) is 4.79 Å². The molecule has 6 nitrogen and oxygen atoms in total. The van der Waals surface area contributed by atoms with Crippen LogP contribution < -0.4 is 0 Å². The first-order valence-corrected chi connectivity index (χ1v) is 6.86. The molecule has 0 fully saturated rings. The van der Waals surface area contributed by atoms with Gasteiger partial charge in [-0.25, -0.2) is 14.2 Å². The minimum Gasteiger partial charge on any atom is -0.505 e. The Bertz CT molecular complexity index is 883. The molecule has 0 bridgehead atoms. The monoisotopic (exact) mass is 311 g/mol. The van der Waals surface area contributed by atoms with Gasteiger partial charge in [-0.1, -0.05) is 42.5 Å². The van der Waals surface area contributed by atoms with Gasteiger partial charge >= 0.3 is 12.1 Å². The predicted molar refractivity (Wildman–Crippen MR) is 82.6 cm³/mol. The Hall–Kier alpha value is -3.28. The summed E-state index contributed by atoms with van der Waals surface area (Å²) in [6.07, 6.45) is -0.859. The SMILES string of the molecule is O=C(O)c1c(O)c2ccccc2n1C(=O)OCc1ccccc1. The maximum Gasteiger partial charge on any atom is 0.419 e. The van der Waals surface area contributed by atoms with Crippen molar-refractivity contribution >= 4 is 23.0 Å². The number of carboxylic acid groups (broad SMARTS) is 1. The molecule has 3 rings (SSSR count). The number of hydrogen-bond donors (Lipinski definition) is 2. The van der Waals surface area contributed by atoms with Gasteiger partial charge in [-0.2, -0.15) is 0 Å². The van der Waals surface area contributed by atoms with Crippen molar-refractivity contribution in [2.75, 3.05) is 0 Å². The van der Waals surface area contributed by atoms with E-state index in [1.807, 2.05) is 18.2 Å². The van der Waals surface area contributed by atoms with E-state index in [0.717, 1.165) is 10.1 Å².